The fourth-order valence-electron chi connectivity index (χ4n) is 13.1. The van der Waals surface area contributed by atoms with Crippen molar-refractivity contribution in [1.29, 1.82) is 0 Å². The number of hydrogen-bond donors (Lipinski definition) is 0. The first-order valence-corrected chi connectivity index (χ1v) is 25.1. The Hall–Kier alpha value is -7.43. The zero-order valence-electron chi connectivity index (χ0n) is 40.4. The van der Waals surface area contributed by atoms with Gasteiger partial charge in [-0.15, -0.1) is 0 Å². The highest BCUT2D eigenvalue weighted by Crippen LogP contribution is 2.63. The van der Waals surface area contributed by atoms with Gasteiger partial charge in [0.25, 0.3) is 5.82 Å². The second-order valence-corrected chi connectivity index (χ2v) is 21.5. The van der Waals surface area contributed by atoms with Crippen LogP contribution in [0.1, 0.15) is 103 Å². The molecule has 1 fully saturated rings. The number of pyridine rings is 1. The van der Waals surface area contributed by atoms with E-state index in [1.165, 1.54) is 142 Å². The van der Waals surface area contributed by atoms with Crippen molar-refractivity contribution in [1.82, 2.24) is 9.47 Å². The molecule has 5 aliphatic rings. The third-order valence-electron chi connectivity index (χ3n) is 17.0. The average Bonchev–Trinajstić information content (AvgIpc) is 3.85. The summed E-state index contributed by atoms with van der Waals surface area (Å²) < 4.78 is 12.2. The molecule has 14 rings (SSSR count). The van der Waals surface area contributed by atoms with E-state index in [1.54, 1.807) is 0 Å². The van der Waals surface area contributed by atoms with Gasteiger partial charge >= 0.3 is 0 Å². The second kappa shape index (κ2) is 14.5. The second-order valence-electron chi connectivity index (χ2n) is 21.5. The lowest BCUT2D eigenvalue weighted by Crippen LogP contribution is -2.68. The van der Waals surface area contributed by atoms with Gasteiger partial charge < -0.3 is 9.64 Å². The van der Waals surface area contributed by atoms with Gasteiger partial charge in [-0.2, -0.15) is 4.57 Å². The molecule has 4 nitrogen and oxygen atoms in total. The van der Waals surface area contributed by atoms with Crippen molar-refractivity contribution >= 4 is 27.4 Å². The Kier molecular flexibility index (Phi) is 8.56. The monoisotopic (exact) mass is 894 g/mol. The average molecular weight is 895 g/mol. The van der Waals surface area contributed by atoms with Crippen LogP contribution in [0.5, 0.6) is 11.5 Å². The smallest absolute Gasteiger partial charge is 0.289 e. The van der Waals surface area contributed by atoms with E-state index in [4.69, 9.17) is 4.74 Å². The number of fused-ring (bicyclic) bond motifs is 7. The van der Waals surface area contributed by atoms with Crippen LogP contribution in [0.25, 0.3) is 66.6 Å². The van der Waals surface area contributed by atoms with Crippen molar-refractivity contribution in [3.05, 3.63) is 220 Å². The zero-order valence-corrected chi connectivity index (χ0v) is 40.4. The Bertz CT molecular complexity index is 3710. The first kappa shape index (κ1) is 40.6. The third-order valence-corrected chi connectivity index (χ3v) is 17.0. The maximum Gasteiger partial charge on any atom is 0.289 e. The maximum absolute atomic E-state index is 7.12. The van der Waals surface area contributed by atoms with Gasteiger partial charge in [0.05, 0.1) is 17.8 Å². The van der Waals surface area contributed by atoms with Gasteiger partial charge in [-0.05, 0) is 179 Å². The summed E-state index contributed by atoms with van der Waals surface area (Å²) >= 11 is 0. The number of aryl methyl sites for hydroxylation is 3. The molecule has 9 aromatic rings. The van der Waals surface area contributed by atoms with Crippen LogP contribution in [0.3, 0.4) is 0 Å². The normalized spacial score (nSPS) is 19.4. The number of aromatic nitrogens is 2. The Morgan fingerprint density at radius 1 is 0.580 bits per heavy atom. The summed E-state index contributed by atoms with van der Waals surface area (Å²) in [6.07, 6.45) is 12.6. The molecule has 0 radical (unpaired) electrons. The fourth-order valence-corrected chi connectivity index (χ4v) is 13.1. The molecule has 4 aliphatic heterocycles. The first-order valence-electron chi connectivity index (χ1n) is 25.1. The molecular weight excluding hydrogens is 839 g/mol. The molecule has 1 spiro atoms. The Morgan fingerprint density at radius 3 is 1.96 bits per heavy atom. The first-order chi connectivity index (χ1) is 33.6. The fraction of sp³-hybridized carbons (Fsp3) is 0.215. The van der Waals surface area contributed by atoms with Gasteiger partial charge in [-0.1, -0.05) is 129 Å². The molecule has 6 heterocycles. The van der Waals surface area contributed by atoms with Crippen LogP contribution in [0.4, 0.5) is 0 Å². The Balaban J connectivity index is 0.903. The van der Waals surface area contributed by atoms with Crippen LogP contribution in [0, 0.1) is 26.2 Å². The summed E-state index contributed by atoms with van der Waals surface area (Å²) in [5.74, 6) is 3.67. The molecular formula is C65H56N3O+. The van der Waals surface area contributed by atoms with Crippen molar-refractivity contribution in [2.45, 2.75) is 84.8 Å². The molecule has 0 N–H and O–H groups in total. The van der Waals surface area contributed by atoms with Gasteiger partial charge in [0.1, 0.15) is 22.6 Å². The molecule has 0 saturated heterocycles. The van der Waals surface area contributed by atoms with E-state index in [2.05, 4.69) is 226 Å². The minimum atomic E-state index is -0.684. The summed E-state index contributed by atoms with van der Waals surface area (Å²) in [7, 11) is 0. The Labute approximate surface area is 405 Å². The molecule has 7 aromatic carbocycles. The number of rotatable bonds is 5. The topological polar surface area (TPSA) is 21.3 Å². The molecule has 0 amide bonds. The van der Waals surface area contributed by atoms with Crippen molar-refractivity contribution in [3.63, 3.8) is 0 Å². The van der Waals surface area contributed by atoms with Crippen molar-refractivity contribution < 1.29 is 9.30 Å². The lowest BCUT2D eigenvalue weighted by molar-refractivity contribution is -0.760. The molecule has 1 aliphatic carbocycles. The van der Waals surface area contributed by atoms with Crippen molar-refractivity contribution in [3.8, 4) is 50.7 Å². The SMILES string of the molecule is CC1=CN2C(C=C1c1ccc(C3CCC(C)(C)CC3)cc1C)c1cccc3c1C21c2c(ccc4c5cc(-c6ccc(-c7ccc(-c8ccccc8)cc7)cc6)ccc5n(c24)-c2cc(C)c(C)c[n+]21)O3. The van der Waals surface area contributed by atoms with Crippen LogP contribution in [0.15, 0.2) is 176 Å². The van der Waals surface area contributed by atoms with E-state index >= 15 is 0 Å². The highest BCUT2D eigenvalue weighted by molar-refractivity contribution is 6.12. The predicted octanol–water partition coefficient (Wildman–Crippen LogP) is 16.2. The molecule has 2 unspecified atom stereocenters. The lowest BCUT2D eigenvalue weighted by atomic mass is 9.71. The molecule has 2 aromatic heterocycles. The van der Waals surface area contributed by atoms with Crippen molar-refractivity contribution in [2.24, 2.45) is 5.41 Å². The predicted molar refractivity (Wildman–Crippen MR) is 282 cm³/mol. The largest absolute Gasteiger partial charge is 0.456 e. The molecule has 4 heteroatoms. The lowest BCUT2D eigenvalue weighted by Gasteiger charge is -2.45. The van der Waals surface area contributed by atoms with E-state index in [9.17, 15) is 0 Å². The van der Waals surface area contributed by atoms with E-state index in [-0.39, 0.29) is 6.04 Å². The number of benzene rings is 7. The van der Waals surface area contributed by atoms with Gasteiger partial charge in [-0.25, -0.2) is 4.57 Å². The van der Waals surface area contributed by atoms with Crippen LogP contribution >= 0.6 is 0 Å². The zero-order chi connectivity index (χ0) is 46.5. The van der Waals surface area contributed by atoms with Crippen LogP contribution in [-0.2, 0) is 5.66 Å². The summed E-state index contributed by atoms with van der Waals surface area (Å²) in [5, 5.41) is 2.48. The van der Waals surface area contributed by atoms with Gasteiger partial charge in [-0.3, -0.25) is 0 Å². The number of nitrogens with zero attached hydrogens (tertiary/aromatic N) is 3. The van der Waals surface area contributed by atoms with Crippen LogP contribution < -0.4 is 9.30 Å². The Morgan fingerprint density at radius 2 is 1.25 bits per heavy atom. The van der Waals surface area contributed by atoms with E-state index < -0.39 is 5.66 Å². The van der Waals surface area contributed by atoms with Crippen LogP contribution in [0.2, 0.25) is 0 Å². The molecule has 69 heavy (non-hydrogen) atoms. The van der Waals surface area contributed by atoms with Gasteiger partial charge in [0.15, 0.2) is 5.52 Å². The summed E-state index contributed by atoms with van der Waals surface area (Å²) in [6, 6.07) is 56.7. The maximum atomic E-state index is 7.12. The number of hydrogen-bond acceptors (Lipinski definition) is 2. The summed E-state index contributed by atoms with van der Waals surface area (Å²) in [6.45, 7) is 14.0. The standard InChI is InChI=1S/C65H56N3O/c1-39-34-60-67(37-41(39)3)65-61-53(57-36-54(42(4)38-66(57)65)51-25-23-49(33-40(51)2)48-29-31-64(5,6)32-30-48)13-10-14-58(61)69-59-28-26-52-55-35-50(24-27-56(55)68(60)63(52)62(59)65)47-21-19-46(20-22-47)45-17-15-44(16-18-45)43-11-8-7-9-12-43/h7-28,33-38,48,57H,29-32H2,1-6H3/q+1. The molecule has 336 valence electrons. The summed E-state index contributed by atoms with van der Waals surface area (Å²) in [5.41, 5.74) is 22.6. The highest BCUT2D eigenvalue weighted by Gasteiger charge is 2.64. The van der Waals surface area contributed by atoms with Gasteiger partial charge in [0.2, 0.25) is 5.66 Å². The van der Waals surface area contributed by atoms with E-state index in [0.29, 0.717) is 11.3 Å². The molecule has 2 atom stereocenters. The highest BCUT2D eigenvalue weighted by atomic mass is 16.5. The van der Waals surface area contributed by atoms with Crippen LogP contribution in [-0.4, -0.2) is 9.47 Å². The van der Waals surface area contributed by atoms with Crippen molar-refractivity contribution in [2.75, 3.05) is 0 Å². The summed E-state index contributed by atoms with van der Waals surface area (Å²) in [4.78, 5) is 2.68. The molecule has 0 bridgehead atoms. The minimum Gasteiger partial charge on any atom is -0.456 e. The molecule has 1 saturated carbocycles. The van der Waals surface area contributed by atoms with E-state index in [0.717, 1.165) is 11.5 Å². The third kappa shape index (κ3) is 5.78. The quantitative estimate of drug-likeness (QED) is 0.161. The van der Waals surface area contributed by atoms with Gasteiger partial charge in [0, 0.05) is 23.0 Å². The number of allylic oxidation sites excluding steroid dienone is 2. The number of ether oxygens (including phenoxy) is 1. The minimum absolute atomic E-state index is 0.00244. The van der Waals surface area contributed by atoms with E-state index in [1.807, 2.05) is 0 Å².